The van der Waals surface area contributed by atoms with Crippen LogP contribution in [0.15, 0.2) is 70.5 Å². The summed E-state index contributed by atoms with van der Waals surface area (Å²) in [5.74, 6) is 0.00852. The molecule has 2 aromatic heterocycles. The Kier molecular flexibility index (Phi) is 5.21. The van der Waals surface area contributed by atoms with Crippen molar-refractivity contribution in [2.45, 2.75) is 11.1 Å². The minimum absolute atomic E-state index is 0.00852. The highest BCUT2D eigenvalue weighted by molar-refractivity contribution is 7.98. The van der Waals surface area contributed by atoms with E-state index in [1.54, 1.807) is 24.0 Å². The average Bonchev–Trinajstić information content (AvgIpc) is 2.73. The molecule has 152 valence electrons. The van der Waals surface area contributed by atoms with Gasteiger partial charge in [0.25, 0.3) is 5.56 Å². The molecule has 30 heavy (non-hydrogen) atoms. The summed E-state index contributed by atoms with van der Waals surface area (Å²) in [7, 11) is 0. The molecule has 0 fully saturated rings. The molecule has 0 radical (unpaired) electrons. The van der Waals surface area contributed by atoms with E-state index in [0.717, 1.165) is 22.6 Å². The second-order valence-electron chi connectivity index (χ2n) is 6.40. The summed E-state index contributed by atoms with van der Waals surface area (Å²) in [6, 6.07) is 14.1. The van der Waals surface area contributed by atoms with Crippen molar-refractivity contribution in [3.63, 3.8) is 0 Å². The molecule has 2 heterocycles. The quantitative estimate of drug-likeness (QED) is 0.422. The number of alkyl halides is 3. The first-order chi connectivity index (χ1) is 14.3. The number of halogens is 3. The van der Waals surface area contributed by atoms with E-state index >= 15 is 0 Å². The van der Waals surface area contributed by atoms with Crippen LogP contribution in [0.3, 0.4) is 0 Å². The molecule has 4 aromatic rings. The van der Waals surface area contributed by atoms with Crippen LogP contribution in [0.2, 0.25) is 0 Å². The Morgan fingerprint density at radius 2 is 1.83 bits per heavy atom. The van der Waals surface area contributed by atoms with Crippen molar-refractivity contribution >= 4 is 34.4 Å². The predicted octanol–water partition coefficient (Wildman–Crippen LogP) is 5.47. The van der Waals surface area contributed by atoms with Crippen molar-refractivity contribution in [3.05, 3.63) is 76.7 Å². The lowest BCUT2D eigenvalue weighted by Crippen LogP contribution is -2.13. The number of nitrogens with zero attached hydrogens (tertiary/aromatic N) is 2. The van der Waals surface area contributed by atoms with Crippen LogP contribution in [0.1, 0.15) is 5.56 Å². The molecule has 4 rings (SSSR count). The highest BCUT2D eigenvalue weighted by Gasteiger charge is 2.30. The van der Waals surface area contributed by atoms with Gasteiger partial charge < -0.3 is 5.32 Å². The first kappa shape index (κ1) is 20.0. The predicted molar refractivity (Wildman–Crippen MR) is 112 cm³/mol. The number of aromatic amines is 1. The van der Waals surface area contributed by atoms with Gasteiger partial charge in [-0.15, -0.1) is 11.8 Å². The molecule has 0 atom stereocenters. The largest absolute Gasteiger partial charge is 0.416 e. The molecular weight excluding hydrogens is 413 g/mol. The summed E-state index contributed by atoms with van der Waals surface area (Å²) in [5.41, 5.74) is 0.616. The van der Waals surface area contributed by atoms with Crippen LogP contribution in [0.25, 0.3) is 22.2 Å². The maximum absolute atomic E-state index is 12.9. The SMILES string of the molecule is CSc1ccc(-c2ccnc3nc(Nc4cccc(C(F)(F)F)c4)[nH]c(=O)c23)cc1. The lowest BCUT2D eigenvalue weighted by molar-refractivity contribution is -0.137. The lowest BCUT2D eigenvalue weighted by atomic mass is 10.0. The lowest BCUT2D eigenvalue weighted by Gasteiger charge is -2.11. The molecule has 0 spiro atoms. The van der Waals surface area contributed by atoms with Crippen LogP contribution < -0.4 is 10.9 Å². The van der Waals surface area contributed by atoms with Crippen LogP contribution in [0.4, 0.5) is 24.8 Å². The summed E-state index contributed by atoms with van der Waals surface area (Å²) in [6.07, 6.45) is -0.949. The smallest absolute Gasteiger partial charge is 0.326 e. The van der Waals surface area contributed by atoms with Crippen molar-refractivity contribution in [1.82, 2.24) is 15.0 Å². The van der Waals surface area contributed by atoms with Gasteiger partial charge in [-0.2, -0.15) is 18.2 Å². The van der Waals surface area contributed by atoms with Crippen molar-refractivity contribution < 1.29 is 13.2 Å². The molecule has 0 aliphatic rings. The van der Waals surface area contributed by atoms with E-state index in [0.29, 0.717) is 10.9 Å². The van der Waals surface area contributed by atoms with Gasteiger partial charge in [-0.05, 0) is 53.8 Å². The Bertz CT molecular complexity index is 1270. The molecule has 9 heteroatoms. The van der Waals surface area contributed by atoms with Gasteiger partial charge in [-0.3, -0.25) is 9.78 Å². The number of fused-ring (bicyclic) bond motifs is 1. The Hall–Kier alpha value is -3.33. The van der Waals surface area contributed by atoms with Crippen molar-refractivity contribution in [2.75, 3.05) is 11.6 Å². The van der Waals surface area contributed by atoms with Crippen LogP contribution in [-0.2, 0) is 6.18 Å². The number of thioether (sulfide) groups is 1. The fourth-order valence-electron chi connectivity index (χ4n) is 3.04. The highest BCUT2D eigenvalue weighted by Crippen LogP contribution is 2.31. The Morgan fingerprint density at radius 3 is 2.53 bits per heavy atom. The highest BCUT2D eigenvalue weighted by atomic mass is 32.2. The third kappa shape index (κ3) is 4.02. The fraction of sp³-hybridized carbons (Fsp3) is 0.0952. The molecule has 0 aliphatic heterocycles. The first-order valence-electron chi connectivity index (χ1n) is 8.83. The second kappa shape index (κ2) is 7.83. The van der Waals surface area contributed by atoms with E-state index in [4.69, 9.17) is 0 Å². The zero-order valence-corrected chi connectivity index (χ0v) is 16.4. The van der Waals surface area contributed by atoms with E-state index < -0.39 is 17.3 Å². The van der Waals surface area contributed by atoms with Gasteiger partial charge in [0.15, 0.2) is 5.65 Å². The molecule has 2 aromatic carbocycles. The van der Waals surface area contributed by atoms with E-state index in [-0.39, 0.29) is 17.3 Å². The monoisotopic (exact) mass is 428 g/mol. The second-order valence-corrected chi connectivity index (χ2v) is 7.28. The van der Waals surface area contributed by atoms with E-state index in [1.807, 2.05) is 30.5 Å². The van der Waals surface area contributed by atoms with Gasteiger partial charge in [-0.25, -0.2) is 4.98 Å². The van der Waals surface area contributed by atoms with Gasteiger partial charge in [0, 0.05) is 16.8 Å². The zero-order chi connectivity index (χ0) is 21.3. The molecule has 2 N–H and O–H groups in total. The molecular formula is C21H15F3N4OS. The van der Waals surface area contributed by atoms with Gasteiger partial charge in [0.05, 0.1) is 10.9 Å². The number of nitrogens with one attached hydrogen (secondary N) is 2. The summed E-state index contributed by atoms with van der Waals surface area (Å²) in [4.78, 5) is 24.9. The molecule has 0 amide bonds. The van der Waals surface area contributed by atoms with E-state index in [2.05, 4.69) is 20.3 Å². The number of pyridine rings is 1. The Morgan fingerprint density at radius 1 is 1.07 bits per heavy atom. The Labute approximate surface area is 173 Å². The maximum Gasteiger partial charge on any atom is 0.416 e. The van der Waals surface area contributed by atoms with Crippen LogP contribution >= 0.6 is 11.8 Å². The molecule has 0 saturated carbocycles. The number of H-pyrrole nitrogens is 1. The molecule has 5 nitrogen and oxygen atoms in total. The van der Waals surface area contributed by atoms with Crippen LogP contribution in [0, 0.1) is 0 Å². The standard InChI is InChI=1S/C21H15F3N4OS/c1-30-15-7-5-12(6-8-15)16-9-10-25-18-17(16)19(29)28-20(27-18)26-14-4-2-3-13(11-14)21(22,23)24/h2-11H,1H3,(H2,25,26,27,28,29). The van der Waals surface area contributed by atoms with Crippen LogP contribution in [-0.4, -0.2) is 21.2 Å². The normalized spacial score (nSPS) is 11.6. The third-order valence-corrected chi connectivity index (χ3v) is 5.20. The number of rotatable bonds is 4. The number of aromatic nitrogens is 3. The van der Waals surface area contributed by atoms with Crippen molar-refractivity contribution in [3.8, 4) is 11.1 Å². The summed E-state index contributed by atoms with van der Waals surface area (Å²) >= 11 is 1.61. The number of hydrogen-bond acceptors (Lipinski definition) is 5. The van der Waals surface area contributed by atoms with Gasteiger partial charge >= 0.3 is 6.18 Å². The average molecular weight is 428 g/mol. The van der Waals surface area contributed by atoms with E-state index in [1.165, 1.54) is 12.1 Å². The Balaban J connectivity index is 1.74. The minimum Gasteiger partial charge on any atom is -0.326 e. The third-order valence-electron chi connectivity index (χ3n) is 4.46. The van der Waals surface area contributed by atoms with Gasteiger partial charge in [0.2, 0.25) is 5.95 Å². The van der Waals surface area contributed by atoms with Crippen molar-refractivity contribution in [2.24, 2.45) is 0 Å². The fourth-order valence-corrected chi connectivity index (χ4v) is 3.45. The maximum atomic E-state index is 12.9. The van der Waals surface area contributed by atoms with Gasteiger partial charge in [0.1, 0.15) is 0 Å². The number of anilines is 2. The van der Waals surface area contributed by atoms with Crippen LogP contribution in [0.5, 0.6) is 0 Å². The first-order valence-corrected chi connectivity index (χ1v) is 10.1. The molecule has 0 saturated heterocycles. The summed E-state index contributed by atoms with van der Waals surface area (Å²) in [5, 5.41) is 3.02. The topological polar surface area (TPSA) is 70.7 Å². The van der Waals surface area contributed by atoms with E-state index in [9.17, 15) is 18.0 Å². The molecule has 0 unspecified atom stereocenters. The van der Waals surface area contributed by atoms with Gasteiger partial charge in [-0.1, -0.05) is 18.2 Å². The summed E-state index contributed by atoms with van der Waals surface area (Å²) < 4.78 is 38.8. The zero-order valence-electron chi connectivity index (χ0n) is 15.6. The number of hydrogen-bond donors (Lipinski definition) is 2. The summed E-state index contributed by atoms with van der Waals surface area (Å²) in [6.45, 7) is 0. The number of benzene rings is 2. The molecule has 0 bridgehead atoms. The van der Waals surface area contributed by atoms with Crippen molar-refractivity contribution in [1.29, 1.82) is 0 Å². The minimum atomic E-state index is -4.47. The molecule has 0 aliphatic carbocycles.